The number of rotatable bonds is 7. The van der Waals surface area contributed by atoms with Gasteiger partial charge in [-0.2, -0.15) is 0 Å². The number of nitrogens with one attached hydrogen (secondary N) is 5. The van der Waals surface area contributed by atoms with Crippen LogP contribution in [0.5, 0.6) is 0 Å². The molecule has 0 radical (unpaired) electrons. The van der Waals surface area contributed by atoms with E-state index in [1.54, 1.807) is 0 Å². The average molecular weight is 651 g/mol. The first-order valence-corrected chi connectivity index (χ1v) is 17.3. The molecule has 5 fully saturated rings. The van der Waals surface area contributed by atoms with E-state index in [4.69, 9.17) is 9.47 Å². The van der Waals surface area contributed by atoms with E-state index >= 15 is 4.39 Å². The van der Waals surface area contributed by atoms with Crippen LogP contribution in [0.3, 0.4) is 0 Å². The summed E-state index contributed by atoms with van der Waals surface area (Å²) in [5.41, 5.74) is 0. The van der Waals surface area contributed by atoms with Crippen LogP contribution in [0.15, 0.2) is 12.7 Å². The molecule has 5 aliphatic rings. The van der Waals surface area contributed by atoms with Gasteiger partial charge in [-0.25, -0.2) is 9.18 Å². The Morgan fingerprint density at radius 1 is 1.24 bits per heavy atom. The number of halogens is 1. The molecule has 12 nitrogen and oxygen atoms in total. The summed E-state index contributed by atoms with van der Waals surface area (Å²) in [6.07, 6.45) is -0.140. The summed E-state index contributed by atoms with van der Waals surface area (Å²) in [5.74, 6) is -1.55. The van der Waals surface area contributed by atoms with Crippen LogP contribution in [0.25, 0.3) is 0 Å². The number of aliphatic hydroxyl groups is 1. The van der Waals surface area contributed by atoms with Crippen molar-refractivity contribution < 1.29 is 33.4 Å². The van der Waals surface area contributed by atoms with Crippen molar-refractivity contribution in [2.24, 2.45) is 29.6 Å². The predicted octanol–water partition coefficient (Wildman–Crippen LogP) is 1.39. The summed E-state index contributed by atoms with van der Waals surface area (Å²) in [4.78, 5) is 40.7. The first-order valence-electron chi connectivity index (χ1n) is 17.3. The monoisotopic (exact) mass is 650 g/mol. The lowest BCUT2D eigenvalue weighted by molar-refractivity contribution is -0.176. The molecule has 0 aromatic rings. The molecule has 0 aromatic carbocycles. The third kappa shape index (κ3) is 7.23. The van der Waals surface area contributed by atoms with E-state index in [1.165, 1.54) is 13.0 Å². The number of esters is 1. The zero-order valence-electron chi connectivity index (χ0n) is 27.9. The summed E-state index contributed by atoms with van der Waals surface area (Å²) in [6, 6.07) is -1.36. The van der Waals surface area contributed by atoms with Gasteiger partial charge < -0.3 is 35.4 Å². The van der Waals surface area contributed by atoms with E-state index in [9.17, 15) is 19.5 Å². The van der Waals surface area contributed by atoms with Crippen LogP contribution in [-0.4, -0.2) is 109 Å². The fourth-order valence-corrected chi connectivity index (χ4v) is 8.99. The molecule has 0 aromatic heterocycles. The summed E-state index contributed by atoms with van der Waals surface area (Å²) in [5, 5.41) is 28.6. The van der Waals surface area contributed by atoms with Gasteiger partial charge in [-0.15, -0.1) is 0 Å². The molecule has 5 rings (SSSR count). The van der Waals surface area contributed by atoms with Crippen LogP contribution < -0.4 is 26.6 Å². The Labute approximate surface area is 272 Å². The number of carbonyl (C=O) groups excluding carboxylic acids is 3. The number of ether oxygens (including phenoxy) is 2. The first-order chi connectivity index (χ1) is 21.9. The first kappa shape index (κ1) is 35.0. The molecule has 13 unspecified atom stereocenters. The number of hydrogen-bond acceptors (Lipinski definition) is 9. The Bertz CT molecular complexity index is 1110. The second-order valence-electron chi connectivity index (χ2n) is 14.6. The minimum absolute atomic E-state index is 0.0653. The van der Waals surface area contributed by atoms with Gasteiger partial charge in [0.05, 0.1) is 31.1 Å². The van der Waals surface area contributed by atoms with Crippen LogP contribution in [0.4, 0.5) is 9.18 Å². The molecule has 1 saturated carbocycles. The van der Waals surface area contributed by atoms with Crippen LogP contribution in [0.1, 0.15) is 66.7 Å². The Balaban J connectivity index is 1.57. The zero-order valence-corrected chi connectivity index (χ0v) is 27.9. The van der Waals surface area contributed by atoms with E-state index in [2.05, 4.69) is 53.9 Å². The van der Waals surface area contributed by atoms with Crippen LogP contribution >= 0.6 is 0 Å². The number of urea groups is 1. The van der Waals surface area contributed by atoms with Crippen molar-refractivity contribution in [3.63, 3.8) is 0 Å². The van der Waals surface area contributed by atoms with Crippen molar-refractivity contribution in [2.45, 2.75) is 128 Å². The summed E-state index contributed by atoms with van der Waals surface area (Å²) in [6.45, 7) is 14.0. The number of aliphatic hydroxyl groups excluding tert-OH is 1. The second kappa shape index (κ2) is 14.8. The number of amides is 3. The molecule has 13 heteroatoms. The Hall–Kier alpha value is -2.32. The normalized spacial score (nSPS) is 41.9. The van der Waals surface area contributed by atoms with E-state index in [-0.39, 0.29) is 60.3 Å². The number of nitrogens with zero attached hydrogens (tertiary/aromatic N) is 1. The molecule has 1 aliphatic carbocycles. The van der Waals surface area contributed by atoms with Gasteiger partial charge in [0.25, 0.3) is 0 Å². The number of hydrogen-bond donors (Lipinski definition) is 6. The molecule has 2 bridgehead atoms. The van der Waals surface area contributed by atoms with Crippen molar-refractivity contribution in [3.05, 3.63) is 12.7 Å². The van der Waals surface area contributed by atoms with E-state index in [0.717, 1.165) is 0 Å². The molecular formula is C33H55FN6O6. The van der Waals surface area contributed by atoms with Gasteiger partial charge in [0.15, 0.2) is 0 Å². The third-order valence-corrected chi connectivity index (χ3v) is 11.0. The molecule has 4 aliphatic heterocycles. The fraction of sp³-hybridized carbons (Fsp3) is 0.848. The third-order valence-electron chi connectivity index (χ3n) is 11.0. The highest BCUT2D eigenvalue weighted by atomic mass is 19.1. The van der Waals surface area contributed by atoms with Crippen LogP contribution in [-0.2, 0) is 19.1 Å². The highest BCUT2D eigenvalue weighted by molar-refractivity contribution is 5.87. The quantitative estimate of drug-likeness (QED) is 0.177. The molecule has 260 valence electrons. The number of alkyl halides is 1. The lowest BCUT2D eigenvalue weighted by atomic mass is 9.69. The molecule has 0 spiro atoms. The van der Waals surface area contributed by atoms with Crippen LogP contribution in [0, 0.1) is 29.6 Å². The minimum Gasteiger partial charge on any atom is -0.459 e. The standard InChI is InChI=1S/C33H55FN6O6/c1-7-25(43)37-18(5)14-36-31-21-13-17(4)28-26-22(34)9-8-10-24(26)45-15-23(42)30(46-19(6)41)20-11-12-35-27(16(2)3)29(20)40(32(21)38-28)33(44)39-31/h7,16-18,20-24,26-32,35-36,38,42H,1,8-15H2,2-6H3,(H,37,43)(H,39,44)/t17?,18-,20?,21?,22?,23?,24?,26?,27?,28?,29?,30?,31?,32?/m1/s1. The summed E-state index contributed by atoms with van der Waals surface area (Å²) >= 11 is 0. The van der Waals surface area contributed by atoms with Gasteiger partial charge in [0.1, 0.15) is 18.4 Å². The van der Waals surface area contributed by atoms with Gasteiger partial charge in [-0.05, 0) is 63.5 Å². The number of carbonyl (C=O) groups is 3. The van der Waals surface area contributed by atoms with Crippen LogP contribution in [0.2, 0.25) is 0 Å². The Morgan fingerprint density at radius 3 is 2.70 bits per heavy atom. The lowest BCUT2D eigenvalue weighted by Gasteiger charge is -2.59. The zero-order chi connectivity index (χ0) is 33.3. The predicted molar refractivity (Wildman–Crippen MR) is 170 cm³/mol. The maximum atomic E-state index is 16.0. The van der Waals surface area contributed by atoms with Gasteiger partial charge in [-0.3, -0.25) is 20.2 Å². The SMILES string of the molecule is C=CC(=O)N[C@H](C)CNC1NC(=O)N2C3NC(C(C)CC13)C1C(F)CCCC1OCC(O)C(OC(C)=O)C1CCNC(C(C)C)C12. The molecule has 4 heterocycles. The molecule has 3 amide bonds. The topological polar surface area (TPSA) is 153 Å². The molecule has 14 atom stereocenters. The molecule has 6 N–H and O–H groups in total. The maximum Gasteiger partial charge on any atom is 0.320 e. The van der Waals surface area contributed by atoms with E-state index in [0.29, 0.717) is 45.2 Å². The summed E-state index contributed by atoms with van der Waals surface area (Å²) < 4.78 is 28.2. The van der Waals surface area contributed by atoms with Crippen molar-refractivity contribution in [3.8, 4) is 0 Å². The second-order valence-corrected chi connectivity index (χ2v) is 14.6. The highest BCUT2D eigenvalue weighted by Crippen LogP contribution is 2.43. The average Bonchev–Trinajstić information content (AvgIpc) is 3.00. The van der Waals surface area contributed by atoms with Crippen molar-refractivity contribution >= 4 is 17.9 Å². The van der Waals surface area contributed by atoms with Crippen molar-refractivity contribution in [2.75, 3.05) is 19.7 Å². The van der Waals surface area contributed by atoms with Gasteiger partial charge >= 0.3 is 12.0 Å². The highest BCUT2D eigenvalue weighted by Gasteiger charge is 2.57. The van der Waals surface area contributed by atoms with E-state index < -0.39 is 54.7 Å². The number of piperidine rings is 2. The van der Waals surface area contributed by atoms with Crippen molar-refractivity contribution in [1.29, 1.82) is 0 Å². The molecular weight excluding hydrogens is 595 g/mol. The molecule has 46 heavy (non-hydrogen) atoms. The smallest absolute Gasteiger partial charge is 0.320 e. The fourth-order valence-electron chi connectivity index (χ4n) is 8.99. The van der Waals surface area contributed by atoms with Gasteiger partial charge in [0, 0.05) is 49.3 Å². The minimum atomic E-state index is -1.14. The Kier molecular flexibility index (Phi) is 11.3. The Morgan fingerprint density at radius 2 is 2.00 bits per heavy atom. The van der Waals surface area contributed by atoms with Gasteiger partial charge in [-0.1, -0.05) is 27.4 Å². The van der Waals surface area contributed by atoms with E-state index in [1.807, 2.05) is 11.8 Å². The number of fused-ring (bicyclic) bond motifs is 5. The summed E-state index contributed by atoms with van der Waals surface area (Å²) in [7, 11) is 0. The maximum absolute atomic E-state index is 16.0. The van der Waals surface area contributed by atoms with Gasteiger partial charge in [0.2, 0.25) is 5.91 Å². The van der Waals surface area contributed by atoms with Crippen molar-refractivity contribution in [1.82, 2.24) is 31.5 Å². The largest absolute Gasteiger partial charge is 0.459 e. The molecule has 4 saturated heterocycles. The lowest BCUT2D eigenvalue weighted by Crippen LogP contribution is -2.79.